The maximum absolute atomic E-state index is 12.3. The SMILES string of the molecule is CC1CS(=O)(=O)CCN1C(=O)NCc1ccc(C2CCCCC2)cc1. The van der Waals surface area contributed by atoms with Crippen LogP contribution in [0.25, 0.3) is 0 Å². The Kier molecular flexibility index (Phi) is 5.67. The lowest BCUT2D eigenvalue weighted by molar-refractivity contribution is 0.184. The van der Waals surface area contributed by atoms with Gasteiger partial charge in [0.25, 0.3) is 0 Å². The summed E-state index contributed by atoms with van der Waals surface area (Å²) in [6.07, 6.45) is 6.58. The van der Waals surface area contributed by atoms with Gasteiger partial charge in [0.15, 0.2) is 9.84 Å². The average molecular weight is 365 g/mol. The van der Waals surface area contributed by atoms with E-state index in [1.165, 1.54) is 37.7 Å². The highest BCUT2D eigenvalue weighted by Gasteiger charge is 2.31. The van der Waals surface area contributed by atoms with Crippen molar-refractivity contribution in [2.24, 2.45) is 0 Å². The molecule has 1 aromatic carbocycles. The molecule has 0 radical (unpaired) electrons. The van der Waals surface area contributed by atoms with Crippen LogP contribution < -0.4 is 5.32 Å². The highest BCUT2D eigenvalue weighted by molar-refractivity contribution is 7.91. The molecule has 0 bridgehead atoms. The summed E-state index contributed by atoms with van der Waals surface area (Å²) in [6.45, 7) is 2.53. The van der Waals surface area contributed by atoms with Crippen molar-refractivity contribution in [1.29, 1.82) is 0 Å². The van der Waals surface area contributed by atoms with E-state index in [2.05, 4.69) is 29.6 Å². The molecule has 1 unspecified atom stereocenters. The summed E-state index contributed by atoms with van der Waals surface area (Å²) >= 11 is 0. The molecule has 1 saturated carbocycles. The second-order valence-electron chi connectivity index (χ2n) is 7.39. The summed E-state index contributed by atoms with van der Waals surface area (Å²) in [4.78, 5) is 13.9. The molecule has 1 atom stereocenters. The minimum Gasteiger partial charge on any atom is -0.334 e. The van der Waals surface area contributed by atoms with E-state index >= 15 is 0 Å². The van der Waals surface area contributed by atoms with Gasteiger partial charge in [-0.25, -0.2) is 13.2 Å². The first kappa shape index (κ1) is 18.2. The van der Waals surface area contributed by atoms with Gasteiger partial charge < -0.3 is 10.2 Å². The van der Waals surface area contributed by atoms with Crippen molar-refractivity contribution in [3.8, 4) is 0 Å². The van der Waals surface area contributed by atoms with Gasteiger partial charge in [0.1, 0.15) is 0 Å². The van der Waals surface area contributed by atoms with Gasteiger partial charge in [0.2, 0.25) is 0 Å². The number of carbonyl (C=O) groups excluding carboxylic acids is 1. The van der Waals surface area contributed by atoms with Crippen molar-refractivity contribution in [1.82, 2.24) is 10.2 Å². The van der Waals surface area contributed by atoms with E-state index in [1.54, 1.807) is 11.8 Å². The molecule has 2 amide bonds. The molecule has 1 heterocycles. The summed E-state index contributed by atoms with van der Waals surface area (Å²) in [7, 11) is -3.00. The molecular formula is C19H28N2O3S. The Bertz CT molecular complexity index is 694. The van der Waals surface area contributed by atoms with Crippen molar-refractivity contribution in [2.75, 3.05) is 18.1 Å². The quantitative estimate of drug-likeness (QED) is 0.896. The van der Waals surface area contributed by atoms with E-state index in [1.807, 2.05) is 0 Å². The molecule has 6 heteroatoms. The number of carbonyl (C=O) groups is 1. The highest BCUT2D eigenvalue weighted by Crippen LogP contribution is 2.32. The van der Waals surface area contributed by atoms with Crippen molar-refractivity contribution >= 4 is 15.9 Å². The van der Waals surface area contributed by atoms with Crippen molar-refractivity contribution < 1.29 is 13.2 Å². The van der Waals surface area contributed by atoms with Crippen LogP contribution in [0.1, 0.15) is 56.1 Å². The van der Waals surface area contributed by atoms with Gasteiger partial charge in [-0.3, -0.25) is 0 Å². The fourth-order valence-corrected chi connectivity index (χ4v) is 5.48. The van der Waals surface area contributed by atoms with E-state index in [9.17, 15) is 13.2 Å². The van der Waals surface area contributed by atoms with Crippen molar-refractivity contribution in [3.63, 3.8) is 0 Å². The molecule has 2 aliphatic rings. The van der Waals surface area contributed by atoms with Gasteiger partial charge in [0, 0.05) is 19.1 Å². The van der Waals surface area contributed by atoms with Crippen LogP contribution in [-0.2, 0) is 16.4 Å². The third-order valence-electron chi connectivity index (χ3n) is 5.43. The topological polar surface area (TPSA) is 66.5 Å². The maximum atomic E-state index is 12.3. The number of nitrogens with one attached hydrogen (secondary N) is 1. The van der Waals surface area contributed by atoms with Crippen molar-refractivity contribution in [2.45, 2.75) is 57.5 Å². The number of benzene rings is 1. The van der Waals surface area contributed by atoms with Gasteiger partial charge in [-0.15, -0.1) is 0 Å². The van der Waals surface area contributed by atoms with Crippen LogP contribution in [0, 0.1) is 0 Å². The summed E-state index contributed by atoms with van der Waals surface area (Å²) < 4.78 is 23.2. The molecule has 2 fully saturated rings. The number of hydrogen-bond acceptors (Lipinski definition) is 3. The first-order chi connectivity index (χ1) is 11.9. The summed E-state index contributed by atoms with van der Waals surface area (Å²) in [5, 5.41) is 2.92. The fourth-order valence-electron chi connectivity index (χ4n) is 3.92. The summed E-state index contributed by atoms with van der Waals surface area (Å²) in [6, 6.07) is 8.11. The van der Waals surface area contributed by atoms with Crippen LogP contribution in [0.15, 0.2) is 24.3 Å². The molecule has 138 valence electrons. The Morgan fingerprint density at radius 1 is 1.16 bits per heavy atom. The lowest BCUT2D eigenvalue weighted by Gasteiger charge is -2.33. The second-order valence-corrected chi connectivity index (χ2v) is 9.62. The van der Waals surface area contributed by atoms with Crippen molar-refractivity contribution in [3.05, 3.63) is 35.4 Å². The molecule has 1 aliphatic carbocycles. The standard InChI is InChI=1S/C19H28N2O3S/c1-15-14-25(23,24)12-11-21(15)19(22)20-13-16-7-9-18(10-8-16)17-5-3-2-4-6-17/h7-10,15,17H,2-6,11-14H2,1H3,(H,20,22). The van der Waals surface area contributed by atoms with Crippen LogP contribution in [0.4, 0.5) is 4.79 Å². The lowest BCUT2D eigenvalue weighted by atomic mass is 9.84. The minimum atomic E-state index is -3.00. The zero-order valence-electron chi connectivity index (χ0n) is 14.9. The molecule has 1 saturated heterocycles. The van der Waals surface area contributed by atoms with E-state index < -0.39 is 9.84 Å². The van der Waals surface area contributed by atoms with Crippen LogP contribution >= 0.6 is 0 Å². The zero-order valence-corrected chi connectivity index (χ0v) is 15.7. The molecule has 3 rings (SSSR count). The van der Waals surface area contributed by atoms with Gasteiger partial charge >= 0.3 is 6.03 Å². The molecular weight excluding hydrogens is 336 g/mol. The van der Waals surface area contributed by atoms with E-state index in [0.717, 1.165) is 5.56 Å². The predicted octanol–water partition coefficient (Wildman–Crippen LogP) is 3.06. The second kappa shape index (κ2) is 7.77. The van der Waals surface area contributed by atoms with Crippen LogP contribution in [0.3, 0.4) is 0 Å². The van der Waals surface area contributed by atoms with Gasteiger partial charge in [-0.2, -0.15) is 0 Å². The average Bonchev–Trinajstić information content (AvgIpc) is 2.60. The Hall–Kier alpha value is -1.56. The normalized spacial score (nSPS) is 24.0. The monoisotopic (exact) mass is 364 g/mol. The van der Waals surface area contributed by atoms with Gasteiger partial charge in [-0.1, -0.05) is 43.5 Å². The molecule has 1 aliphatic heterocycles. The van der Waals surface area contributed by atoms with E-state index in [-0.39, 0.29) is 30.1 Å². The molecule has 1 aromatic rings. The van der Waals surface area contributed by atoms with E-state index in [0.29, 0.717) is 12.5 Å². The molecule has 1 N–H and O–H groups in total. The van der Waals surface area contributed by atoms with Crippen LogP contribution in [0.2, 0.25) is 0 Å². The number of sulfone groups is 1. The first-order valence-electron chi connectivity index (χ1n) is 9.28. The number of nitrogens with zero attached hydrogens (tertiary/aromatic N) is 1. The Labute approximate surface area is 150 Å². The van der Waals surface area contributed by atoms with Crippen LogP contribution in [0.5, 0.6) is 0 Å². The fraction of sp³-hybridized carbons (Fsp3) is 0.632. The zero-order chi connectivity index (χ0) is 17.9. The lowest BCUT2D eigenvalue weighted by Crippen LogP contribution is -2.53. The van der Waals surface area contributed by atoms with Gasteiger partial charge in [-0.05, 0) is 36.8 Å². The Balaban J connectivity index is 1.52. The first-order valence-corrected chi connectivity index (χ1v) is 11.1. The minimum absolute atomic E-state index is 0.0521. The Morgan fingerprint density at radius 3 is 2.48 bits per heavy atom. The third kappa shape index (κ3) is 4.75. The molecule has 5 nitrogen and oxygen atoms in total. The van der Waals surface area contributed by atoms with Crippen LogP contribution in [-0.4, -0.2) is 43.4 Å². The maximum Gasteiger partial charge on any atom is 0.317 e. The number of amides is 2. The third-order valence-corrected chi connectivity index (χ3v) is 7.23. The predicted molar refractivity (Wildman–Crippen MR) is 99.3 cm³/mol. The molecule has 25 heavy (non-hydrogen) atoms. The Morgan fingerprint density at radius 2 is 1.84 bits per heavy atom. The molecule has 0 spiro atoms. The smallest absolute Gasteiger partial charge is 0.317 e. The number of hydrogen-bond donors (Lipinski definition) is 1. The number of rotatable bonds is 3. The number of urea groups is 1. The highest BCUT2D eigenvalue weighted by atomic mass is 32.2. The van der Waals surface area contributed by atoms with Gasteiger partial charge in [0.05, 0.1) is 11.5 Å². The van der Waals surface area contributed by atoms with E-state index in [4.69, 9.17) is 0 Å². The summed E-state index contributed by atoms with van der Waals surface area (Å²) in [5.41, 5.74) is 2.48. The molecule has 0 aromatic heterocycles. The summed E-state index contributed by atoms with van der Waals surface area (Å²) in [5.74, 6) is 0.797. The largest absolute Gasteiger partial charge is 0.334 e.